The molecule has 21 heavy (non-hydrogen) atoms. The number of benzene rings is 1. The van der Waals surface area contributed by atoms with Gasteiger partial charge in [0.05, 0.1) is 16.8 Å². The van der Waals surface area contributed by atoms with Crippen LogP contribution in [0.2, 0.25) is 0 Å². The van der Waals surface area contributed by atoms with Crippen LogP contribution in [0.3, 0.4) is 0 Å². The molecule has 0 fully saturated rings. The third-order valence-corrected chi connectivity index (χ3v) is 4.40. The summed E-state index contributed by atoms with van der Waals surface area (Å²) in [4.78, 5) is 8.67. The highest BCUT2D eigenvalue weighted by molar-refractivity contribution is 9.10. The van der Waals surface area contributed by atoms with Crippen molar-refractivity contribution in [1.82, 2.24) is 9.97 Å². The van der Waals surface area contributed by atoms with Gasteiger partial charge in [0, 0.05) is 39.8 Å². The molecule has 2 heterocycles. The van der Waals surface area contributed by atoms with Crippen LogP contribution in [-0.2, 0) is 6.42 Å². The van der Waals surface area contributed by atoms with Gasteiger partial charge in [-0.2, -0.15) is 0 Å². The first kappa shape index (κ1) is 14.4. The van der Waals surface area contributed by atoms with Gasteiger partial charge in [-0.3, -0.25) is 4.98 Å². The van der Waals surface area contributed by atoms with E-state index >= 15 is 0 Å². The maximum atomic E-state index is 10.3. The van der Waals surface area contributed by atoms with Crippen molar-refractivity contribution in [3.8, 4) is 11.3 Å². The van der Waals surface area contributed by atoms with Crippen LogP contribution < -0.4 is 0 Å². The summed E-state index contributed by atoms with van der Waals surface area (Å²) in [5.74, 6) is 0. The van der Waals surface area contributed by atoms with Crippen molar-refractivity contribution in [2.75, 3.05) is 0 Å². The smallest absolute Gasteiger partial charge is 0.0961 e. The number of pyridine rings is 1. The number of rotatable bonds is 4. The Balaban J connectivity index is 1.75. The summed E-state index contributed by atoms with van der Waals surface area (Å²) in [6.45, 7) is 0. The fourth-order valence-corrected chi connectivity index (χ4v) is 3.26. The molecule has 0 aliphatic carbocycles. The molecule has 0 bridgehead atoms. The van der Waals surface area contributed by atoms with E-state index in [-0.39, 0.29) is 0 Å². The van der Waals surface area contributed by atoms with E-state index in [0.29, 0.717) is 6.42 Å². The zero-order chi connectivity index (χ0) is 14.7. The first-order valence-corrected chi connectivity index (χ1v) is 8.18. The second-order valence-electron chi connectivity index (χ2n) is 4.65. The Kier molecular flexibility index (Phi) is 4.43. The van der Waals surface area contributed by atoms with Crippen molar-refractivity contribution in [2.24, 2.45) is 0 Å². The summed E-state index contributed by atoms with van der Waals surface area (Å²) in [6.07, 6.45) is 3.29. The molecule has 2 aromatic heterocycles. The summed E-state index contributed by atoms with van der Waals surface area (Å²) in [7, 11) is 0. The van der Waals surface area contributed by atoms with Gasteiger partial charge in [-0.15, -0.1) is 11.3 Å². The van der Waals surface area contributed by atoms with Gasteiger partial charge in [0.25, 0.3) is 0 Å². The molecule has 3 rings (SSSR count). The summed E-state index contributed by atoms with van der Waals surface area (Å²) < 4.78 is 0.864. The van der Waals surface area contributed by atoms with Gasteiger partial charge in [-0.25, -0.2) is 4.98 Å². The van der Waals surface area contributed by atoms with Crippen molar-refractivity contribution in [3.05, 3.63) is 69.2 Å². The quantitative estimate of drug-likeness (QED) is 0.756. The Morgan fingerprint density at radius 3 is 2.76 bits per heavy atom. The molecule has 106 valence electrons. The Bertz CT molecular complexity index is 730. The van der Waals surface area contributed by atoms with Crippen LogP contribution in [0, 0.1) is 0 Å². The first-order valence-electron chi connectivity index (χ1n) is 6.51. The van der Waals surface area contributed by atoms with Crippen LogP contribution in [0.5, 0.6) is 0 Å². The van der Waals surface area contributed by atoms with Gasteiger partial charge in [0.2, 0.25) is 0 Å². The first-order chi connectivity index (χ1) is 10.2. The third-order valence-electron chi connectivity index (χ3n) is 3.10. The second kappa shape index (κ2) is 6.47. The highest BCUT2D eigenvalue weighted by atomic mass is 79.9. The molecular weight excluding hydrogens is 348 g/mol. The van der Waals surface area contributed by atoms with Crippen molar-refractivity contribution < 1.29 is 5.11 Å². The van der Waals surface area contributed by atoms with Crippen LogP contribution >= 0.6 is 27.3 Å². The molecule has 0 saturated heterocycles. The Morgan fingerprint density at radius 1 is 1.19 bits per heavy atom. The van der Waals surface area contributed by atoms with Gasteiger partial charge in [0.15, 0.2) is 0 Å². The number of hydrogen-bond donors (Lipinski definition) is 1. The van der Waals surface area contributed by atoms with E-state index in [9.17, 15) is 5.11 Å². The topological polar surface area (TPSA) is 46.0 Å². The second-order valence-corrected chi connectivity index (χ2v) is 6.51. The molecule has 0 amide bonds. The molecule has 0 radical (unpaired) electrons. The van der Waals surface area contributed by atoms with E-state index in [1.807, 2.05) is 41.8 Å². The largest absolute Gasteiger partial charge is 0.388 e. The molecule has 1 unspecified atom stereocenters. The van der Waals surface area contributed by atoms with Crippen molar-refractivity contribution in [2.45, 2.75) is 12.5 Å². The lowest BCUT2D eigenvalue weighted by atomic mass is 10.1. The van der Waals surface area contributed by atoms with Crippen LogP contribution in [-0.4, -0.2) is 15.1 Å². The highest BCUT2D eigenvalue weighted by Crippen LogP contribution is 2.26. The van der Waals surface area contributed by atoms with E-state index in [4.69, 9.17) is 0 Å². The molecule has 0 aliphatic heterocycles. The summed E-state index contributed by atoms with van der Waals surface area (Å²) in [5.41, 5.74) is 2.84. The lowest BCUT2D eigenvalue weighted by Gasteiger charge is -2.08. The average molecular weight is 361 g/mol. The average Bonchev–Trinajstić information content (AvgIpc) is 2.97. The maximum absolute atomic E-state index is 10.3. The van der Waals surface area contributed by atoms with Gasteiger partial charge < -0.3 is 5.11 Å². The number of halogens is 1. The molecule has 0 spiro atoms. The fraction of sp³-hybridized carbons (Fsp3) is 0.125. The van der Waals surface area contributed by atoms with Gasteiger partial charge in [-0.05, 0) is 22.0 Å². The van der Waals surface area contributed by atoms with Crippen molar-refractivity contribution in [3.63, 3.8) is 0 Å². The molecule has 0 saturated carbocycles. The minimum Gasteiger partial charge on any atom is -0.388 e. The molecule has 3 aromatic rings. The fourth-order valence-electron chi connectivity index (χ4n) is 2.04. The number of hydrogen-bond acceptors (Lipinski definition) is 4. The van der Waals surface area contributed by atoms with E-state index in [0.717, 1.165) is 26.3 Å². The van der Waals surface area contributed by atoms with Gasteiger partial charge in [-0.1, -0.05) is 30.3 Å². The monoisotopic (exact) mass is 360 g/mol. The SMILES string of the molecule is OC(Cc1nc(-c2ccccc2)cs1)c1cncc(Br)c1. The zero-order valence-electron chi connectivity index (χ0n) is 11.1. The molecule has 5 heteroatoms. The van der Waals surface area contributed by atoms with E-state index < -0.39 is 6.10 Å². The summed E-state index contributed by atoms with van der Waals surface area (Å²) >= 11 is 4.93. The van der Waals surface area contributed by atoms with Crippen LogP contribution in [0.25, 0.3) is 11.3 Å². The predicted octanol–water partition coefficient (Wildman–Crippen LogP) is 4.24. The highest BCUT2D eigenvalue weighted by Gasteiger charge is 2.13. The Morgan fingerprint density at radius 2 is 2.00 bits per heavy atom. The van der Waals surface area contributed by atoms with Crippen LogP contribution in [0.1, 0.15) is 16.7 Å². The van der Waals surface area contributed by atoms with E-state index in [2.05, 4.69) is 25.9 Å². The maximum Gasteiger partial charge on any atom is 0.0961 e. The predicted molar refractivity (Wildman–Crippen MR) is 88.2 cm³/mol. The molecule has 3 nitrogen and oxygen atoms in total. The van der Waals surface area contributed by atoms with Crippen LogP contribution in [0.15, 0.2) is 58.6 Å². The molecule has 1 atom stereocenters. The third kappa shape index (κ3) is 3.56. The number of nitrogens with zero attached hydrogens (tertiary/aromatic N) is 2. The summed E-state index contributed by atoms with van der Waals surface area (Å²) in [5, 5.41) is 13.2. The lowest BCUT2D eigenvalue weighted by Crippen LogP contribution is -2.02. The minimum absolute atomic E-state index is 0.496. The summed E-state index contributed by atoms with van der Waals surface area (Å²) in [6, 6.07) is 11.9. The Labute approximate surface area is 135 Å². The molecule has 1 N–H and O–H groups in total. The van der Waals surface area contributed by atoms with E-state index in [1.54, 1.807) is 23.7 Å². The Hall–Kier alpha value is -1.56. The molecular formula is C16H13BrN2OS. The molecule has 1 aromatic carbocycles. The van der Waals surface area contributed by atoms with Gasteiger partial charge >= 0.3 is 0 Å². The minimum atomic E-state index is -0.593. The van der Waals surface area contributed by atoms with Crippen molar-refractivity contribution >= 4 is 27.3 Å². The molecule has 0 aliphatic rings. The number of aliphatic hydroxyl groups excluding tert-OH is 1. The number of aliphatic hydroxyl groups is 1. The van der Waals surface area contributed by atoms with E-state index in [1.165, 1.54) is 0 Å². The van der Waals surface area contributed by atoms with Crippen molar-refractivity contribution in [1.29, 1.82) is 0 Å². The zero-order valence-corrected chi connectivity index (χ0v) is 13.5. The normalized spacial score (nSPS) is 12.3. The number of aromatic nitrogens is 2. The number of thiazole rings is 1. The standard InChI is InChI=1S/C16H13BrN2OS/c17-13-6-12(8-18-9-13)15(20)7-16-19-14(10-21-16)11-4-2-1-3-5-11/h1-6,8-10,15,20H,7H2. The van der Waals surface area contributed by atoms with Gasteiger partial charge in [0.1, 0.15) is 0 Å². The van der Waals surface area contributed by atoms with Crippen LogP contribution in [0.4, 0.5) is 0 Å². The lowest BCUT2D eigenvalue weighted by molar-refractivity contribution is 0.178.